The van der Waals surface area contributed by atoms with E-state index in [1.54, 1.807) is 26.8 Å². The molecular weight excluding hydrogens is 212 g/mol. The van der Waals surface area contributed by atoms with Crippen molar-refractivity contribution in [2.75, 3.05) is 13.2 Å². The number of ether oxygens (including phenoxy) is 3. The van der Waals surface area contributed by atoms with Gasteiger partial charge in [-0.25, -0.2) is 4.79 Å². The van der Waals surface area contributed by atoms with Crippen molar-refractivity contribution < 1.29 is 24.1 Å². The molecule has 0 bridgehead atoms. The van der Waals surface area contributed by atoms with Crippen molar-refractivity contribution in [3.05, 3.63) is 12.2 Å². The van der Waals surface area contributed by atoms with E-state index in [0.29, 0.717) is 6.61 Å². The SMILES string of the molecule is CCOC(=O)/C=C/[C@H]1OC(C)(C)O[C@H]1CO. The number of carbonyl (C=O) groups excluding carboxylic acids is 1. The smallest absolute Gasteiger partial charge is 0.330 e. The molecule has 0 aliphatic carbocycles. The molecule has 1 aliphatic heterocycles. The zero-order valence-corrected chi connectivity index (χ0v) is 9.80. The molecule has 1 saturated heterocycles. The van der Waals surface area contributed by atoms with Gasteiger partial charge < -0.3 is 19.3 Å². The normalized spacial score (nSPS) is 28.5. The minimum absolute atomic E-state index is 0.152. The summed E-state index contributed by atoms with van der Waals surface area (Å²) in [4.78, 5) is 11.1. The van der Waals surface area contributed by atoms with Gasteiger partial charge in [0.25, 0.3) is 0 Å². The second-order valence-corrected chi connectivity index (χ2v) is 3.93. The van der Waals surface area contributed by atoms with E-state index in [1.165, 1.54) is 6.08 Å². The molecule has 16 heavy (non-hydrogen) atoms. The summed E-state index contributed by atoms with van der Waals surface area (Å²) in [5.41, 5.74) is 0. The largest absolute Gasteiger partial charge is 0.463 e. The Bertz CT molecular complexity index is 272. The molecule has 1 aliphatic rings. The lowest BCUT2D eigenvalue weighted by molar-refractivity contribution is -0.146. The Kier molecular flexibility index (Phi) is 4.46. The van der Waals surface area contributed by atoms with E-state index in [-0.39, 0.29) is 6.61 Å². The zero-order chi connectivity index (χ0) is 12.2. The molecule has 5 nitrogen and oxygen atoms in total. The van der Waals surface area contributed by atoms with Crippen molar-refractivity contribution in [1.82, 2.24) is 0 Å². The quantitative estimate of drug-likeness (QED) is 0.566. The molecule has 5 heteroatoms. The average Bonchev–Trinajstić information content (AvgIpc) is 2.51. The summed E-state index contributed by atoms with van der Waals surface area (Å²) in [6.07, 6.45) is 1.97. The monoisotopic (exact) mass is 230 g/mol. The van der Waals surface area contributed by atoms with Crippen molar-refractivity contribution in [1.29, 1.82) is 0 Å². The Morgan fingerprint density at radius 1 is 1.50 bits per heavy atom. The van der Waals surface area contributed by atoms with Crippen molar-refractivity contribution in [3.63, 3.8) is 0 Å². The fourth-order valence-corrected chi connectivity index (χ4v) is 1.53. The van der Waals surface area contributed by atoms with Crippen LogP contribution in [0.25, 0.3) is 0 Å². The van der Waals surface area contributed by atoms with Gasteiger partial charge in [-0.1, -0.05) is 0 Å². The van der Waals surface area contributed by atoms with Crippen LogP contribution in [-0.2, 0) is 19.0 Å². The zero-order valence-electron chi connectivity index (χ0n) is 9.80. The van der Waals surface area contributed by atoms with E-state index >= 15 is 0 Å². The summed E-state index contributed by atoms with van der Waals surface area (Å²) in [5, 5.41) is 9.08. The van der Waals surface area contributed by atoms with Gasteiger partial charge in [-0.3, -0.25) is 0 Å². The van der Waals surface area contributed by atoms with Gasteiger partial charge in [0.2, 0.25) is 0 Å². The number of aliphatic hydroxyl groups excluding tert-OH is 1. The maximum atomic E-state index is 11.1. The van der Waals surface area contributed by atoms with Gasteiger partial charge in [0.05, 0.1) is 13.2 Å². The first kappa shape index (κ1) is 13.2. The van der Waals surface area contributed by atoms with E-state index in [0.717, 1.165) is 0 Å². The van der Waals surface area contributed by atoms with Crippen molar-refractivity contribution >= 4 is 5.97 Å². The highest BCUT2D eigenvalue weighted by Crippen LogP contribution is 2.28. The highest BCUT2D eigenvalue weighted by molar-refractivity contribution is 5.81. The lowest BCUT2D eigenvalue weighted by Crippen LogP contribution is -2.25. The van der Waals surface area contributed by atoms with E-state index in [9.17, 15) is 4.79 Å². The van der Waals surface area contributed by atoms with E-state index < -0.39 is 24.0 Å². The third-order valence-electron chi connectivity index (χ3n) is 2.11. The summed E-state index contributed by atoms with van der Waals surface area (Å²) in [6, 6.07) is 0. The van der Waals surface area contributed by atoms with E-state index in [4.69, 9.17) is 19.3 Å². The van der Waals surface area contributed by atoms with Gasteiger partial charge >= 0.3 is 5.97 Å². The molecule has 0 aromatic carbocycles. The van der Waals surface area contributed by atoms with Crippen LogP contribution in [0.5, 0.6) is 0 Å². The standard InChI is InChI=1S/C11H18O5/c1-4-14-10(13)6-5-8-9(7-12)16-11(2,3)15-8/h5-6,8-9,12H,4,7H2,1-3H3/b6-5+/t8-,9+/m1/s1. The molecule has 0 radical (unpaired) electrons. The topological polar surface area (TPSA) is 65.0 Å². The molecule has 0 unspecified atom stereocenters. The predicted molar refractivity (Wildman–Crippen MR) is 56.7 cm³/mol. The first-order valence-electron chi connectivity index (χ1n) is 5.30. The third-order valence-corrected chi connectivity index (χ3v) is 2.11. The minimum Gasteiger partial charge on any atom is -0.463 e. The number of hydrogen-bond donors (Lipinski definition) is 1. The lowest BCUT2D eigenvalue weighted by Gasteiger charge is -2.15. The predicted octanol–water partition coefficient (Wildman–Crippen LogP) is 0.618. The number of hydrogen-bond acceptors (Lipinski definition) is 5. The molecule has 92 valence electrons. The van der Waals surface area contributed by atoms with Gasteiger partial charge in [0, 0.05) is 6.08 Å². The third kappa shape index (κ3) is 3.59. The molecule has 1 N–H and O–H groups in total. The van der Waals surface area contributed by atoms with Crippen molar-refractivity contribution in [2.24, 2.45) is 0 Å². The van der Waals surface area contributed by atoms with Crippen LogP contribution in [0, 0.1) is 0 Å². The van der Waals surface area contributed by atoms with E-state index in [2.05, 4.69) is 0 Å². The van der Waals surface area contributed by atoms with E-state index in [1.807, 2.05) is 0 Å². The highest BCUT2D eigenvalue weighted by atomic mass is 16.8. The van der Waals surface area contributed by atoms with Crippen molar-refractivity contribution in [2.45, 2.75) is 38.8 Å². The second kappa shape index (κ2) is 5.43. The molecule has 0 spiro atoms. The summed E-state index contributed by atoms with van der Waals surface area (Å²) in [5.74, 6) is -1.16. The van der Waals surface area contributed by atoms with Gasteiger partial charge in [-0.05, 0) is 26.8 Å². The second-order valence-electron chi connectivity index (χ2n) is 3.93. The maximum Gasteiger partial charge on any atom is 0.330 e. The van der Waals surface area contributed by atoms with Crippen LogP contribution in [0.15, 0.2) is 12.2 Å². The first-order chi connectivity index (χ1) is 7.48. The molecule has 2 atom stereocenters. The van der Waals surface area contributed by atoms with Gasteiger partial charge in [0.15, 0.2) is 5.79 Å². The fourth-order valence-electron chi connectivity index (χ4n) is 1.53. The molecule has 1 rings (SSSR count). The molecule has 0 saturated carbocycles. The number of aliphatic hydroxyl groups is 1. The summed E-state index contributed by atoms with van der Waals surface area (Å²) in [6.45, 7) is 5.43. The number of carbonyl (C=O) groups is 1. The number of esters is 1. The summed E-state index contributed by atoms with van der Waals surface area (Å²) in [7, 11) is 0. The van der Waals surface area contributed by atoms with Crippen molar-refractivity contribution in [3.8, 4) is 0 Å². The van der Waals surface area contributed by atoms with Crippen LogP contribution in [-0.4, -0.2) is 42.3 Å². The Morgan fingerprint density at radius 2 is 2.19 bits per heavy atom. The van der Waals surface area contributed by atoms with Crippen LogP contribution >= 0.6 is 0 Å². The highest BCUT2D eigenvalue weighted by Gasteiger charge is 2.39. The van der Waals surface area contributed by atoms with Crippen LogP contribution in [0.4, 0.5) is 0 Å². The van der Waals surface area contributed by atoms with Gasteiger partial charge in [0.1, 0.15) is 12.2 Å². The molecule has 0 aromatic heterocycles. The van der Waals surface area contributed by atoms with Gasteiger partial charge in [-0.15, -0.1) is 0 Å². The Morgan fingerprint density at radius 3 is 2.75 bits per heavy atom. The van der Waals surface area contributed by atoms with Gasteiger partial charge in [-0.2, -0.15) is 0 Å². The first-order valence-corrected chi connectivity index (χ1v) is 5.30. The molecule has 1 heterocycles. The summed E-state index contributed by atoms with van der Waals surface area (Å²) >= 11 is 0. The maximum absolute atomic E-state index is 11.1. The van der Waals surface area contributed by atoms with Crippen LogP contribution < -0.4 is 0 Å². The van der Waals surface area contributed by atoms with Crippen LogP contribution in [0.3, 0.4) is 0 Å². The molecule has 0 aromatic rings. The Balaban J connectivity index is 2.56. The average molecular weight is 230 g/mol. The molecule has 0 amide bonds. The molecule has 1 fully saturated rings. The minimum atomic E-state index is -0.739. The Hall–Kier alpha value is -0.910. The summed E-state index contributed by atoms with van der Waals surface area (Å²) < 4.78 is 15.7. The fraction of sp³-hybridized carbons (Fsp3) is 0.727. The lowest BCUT2D eigenvalue weighted by atomic mass is 10.2. The van der Waals surface area contributed by atoms with Crippen LogP contribution in [0.2, 0.25) is 0 Å². The number of rotatable bonds is 4. The Labute approximate surface area is 95.0 Å². The molecular formula is C11H18O5. The van der Waals surface area contributed by atoms with Crippen LogP contribution in [0.1, 0.15) is 20.8 Å².